The summed E-state index contributed by atoms with van der Waals surface area (Å²) >= 11 is 0. The predicted octanol–water partition coefficient (Wildman–Crippen LogP) is 6.90. The predicted molar refractivity (Wildman–Crippen MR) is 244 cm³/mol. The summed E-state index contributed by atoms with van der Waals surface area (Å²) in [6, 6.07) is 20.5. The third-order valence-electron chi connectivity index (χ3n) is 9.77. The molecular weight excluding hydrogens is 889 g/mol. The van der Waals surface area contributed by atoms with Crippen LogP contribution in [0, 0.1) is 0 Å². The van der Waals surface area contributed by atoms with Gasteiger partial charge in [-0.1, -0.05) is 6.07 Å². The molecule has 0 aromatic heterocycles. The van der Waals surface area contributed by atoms with Crippen LogP contribution >= 0.6 is 0 Å². The molecule has 0 bridgehead atoms. The molecule has 18 nitrogen and oxygen atoms in total. The van der Waals surface area contributed by atoms with Crippen LogP contribution in [0.15, 0.2) is 78.9 Å². The topological polar surface area (TPSA) is 216 Å². The van der Waals surface area contributed by atoms with Crippen molar-refractivity contribution in [1.82, 2.24) is 0 Å². The van der Waals surface area contributed by atoms with Crippen molar-refractivity contribution in [2.75, 3.05) is 55.4 Å². The molecule has 0 fully saturated rings. The molecule has 1 atom stereocenters. The fraction of sp³-hybridized carbons (Fsp3) is 0.380. The van der Waals surface area contributed by atoms with E-state index in [-0.39, 0.29) is 88.8 Å². The van der Waals surface area contributed by atoms with Crippen LogP contribution in [0.4, 0.5) is 0 Å². The Hall–Kier alpha value is -7.47. The summed E-state index contributed by atoms with van der Waals surface area (Å²) in [7, 11) is 6.62. The minimum atomic E-state index is -0.629. The molecular formula is C50H58O18. The van der Waals surface area contributed by atoms with Gasteiger partial charge in [0.2, 0.25) is 0 Å². The Morgan fingerprint density at radius 3 is 1.60 bits per heavy atom. The lowest BCUT2D eigenvalue weighted by atomic mass is 10.1. The number of esters is 5. The minimum Gasteiger partial charge on any atom is -0.493 e. The molecule has 0 radical (unpaired) electrons. The molecule has 1 unspecified atom stereocenters. The summed E-state index contributed by atoms with van der Waals surface area (Å²) in [5.41, 5.74) is 2.41. The quantitative estimate of drug-likeness (QED) is 0.0192. The highest BCUT2D eigenvalue weighted by Gasteiger charge is 2.17. The van der Waals surface area contributed by atoms with Gasteiger partial charge >= 0.3 is 29.8 Å². The van der Waals surface area contributed by atoms with Gasteiger partial charge in [-0.2, -0.15) is 0 Å². The van der Waals surface area contributed by atoms with Gasteiger partial charge in [-0.3, -0.25) is 19.2 Å². The van der Waals surface area contributed by atoms with Crippen molar-refractivity contribution in [2.45, 2.75) is 71.4 Å². The molecule has 4 aromatic rings. The van der Waals surface area contributed by atoms with Gasteiger partial charge in [-0.25, -0.2) is 4.79 Å². The van der Waals surface area contributed by atoms with E-state index < -0.39 is 24.0 Å². The van der Waals surface area contributed by atoms with E-state index in [1.54, 1.807) is 72.8 Å². The summed E-state index contributed by atoms with van der Waals surface area (Å²) in [4.78, 5) is 59.0. The Labute approximate surface area is 394 Å². The van der Waals surface area contributed by atoms with Gasteiger partial charge in [0.1, 0.15) is 60.4 Å². The summed E-state index contributed by atoms with van der Waals surface area (Å²) in [6.07, 6.45) is 3.53. The Morgan fingerprint density at radius 2 is 1.09 bits per heavy atom. The Bertz CT molecular complexity index is 2320. The third kappa shape index (κ3) is 18.1. The summed E-state index contributed by atoms with van der Waals surface area (Å²) in [6.45, 7) is 1.45. The zero-order valence-electron chi connectivity index (χ0n) is 39.0. The lowest BCUT2D eigenvalue weighted by Gasteiger charge is -2.18. The molecule has 0 spiro atoms. The summed E-state index contributed by atoms with van der Waals surface area (Å²) in [5, 5.41) is 9.80. The highest BCUT2D eigenvalue weighted by atomic mass is 16.6. The number of carbonyl (C=O) groups excluding carboxylic acids is 5. The van der Waals surface area contributed by atoms with Gasteiger partial charge in [0.25, 0.3) is 0 Å². The molecule has 18 heteroatoms. The highest BCUT2D eigenvalue weighted by Crippen LogP contribution is 2.34. The summed E-state index contributed by atoms with van der Waals surface area (Å²) in [5.74, 6) is 0.776. The second-order valence-corrected chi connectivity index (χ2v) is 14.6. The first-order valence-electron chi connectivity index (χ1n) is 21.5. The van der Waals surface area contributed by atoms with E-state index in [9.17, 15) is 29.1 Å². The number of methoxy groups -OCH3 is 5. The smallest absolute Gasteiger partial charge is 0.330 e. The molecule has 4 rings (SSSR count). The fourth-order valence-corrected chi connectivity index (χ4v) is 6.16. The van der Waals surface area contributed by atoms with Crippen molar-refractivity contribution in [1.29, 1.82) is 0 Å². The van der Waals surface area contributed by atoms with Crippen LogP contribution < -0.4 is 37.9 Å². The number of benzene rings is 4. The Balaban J connectivity index is 1.55. The Morgan fingerprint density at radius 1 is 0.559 bits per heavy atom. The molecule has 0 saturated heterocycles. The molecule has 1 N–H and O–H groups in total. The lowest BCUT2D eigenvalue weighted by molar-refractivity contribution is -0.142. The van der Waals surface area contributed by atoms with Crippen LogP contribution in [0.3, 0.4) is 0 Å². The zero-order chi connectivity index (χ0) is 49.3. The number of ether oxygens (including phenoxy) is 12. The van der Waals surface area contributed by atoms with E-state index >= 15 is 0 Å². The zero-order valence-corrected chi connectivity index (χ0v) is 39.0. The molecule has 0 aliphatic carbocycles. The molecule has 0 saturated carbocycles. The maximum Gasteiger partial charge on any atom is 0.330 e. The van der Waals surface area contributed by atoms with E-state index in [4.69, 9.17) is 56.8 Å². The molecule has 366 valence electrons. The molecule has 0 aliphatic rings. The van der Waals surface area contributed by atoms with Crippen LogP contribution in [-0.4, -0.2) is 96.4 Å². The first kappa shape index (κ1) is 53.1. The van der Waals surface area contributed by atoms with E-state index in [2.05, 4.69) is 0 Å². The summed E-state index contributed by atoms with van der Waals surface area (Å²) < 4.78 is 66.6. The number of aliphatic hydroxyl groups excluding tert-OH is 1. The first-order valence-corrected chi connectivity index (χ1v) is 21.5. The molecule has 68 heavy (non-hydrogen) atoms. The van der Waals surface area contributed by atoms with E-state index in [0.717, 1.165) is 0 Å². The van der Waals surface area contributed by atoms with Crippen molar-refractivity contribution in [3.8, 4) is 46.0 Å². The molecule has 0 heterocycles. The lowest BCUT2D eigenvalue weighted by Crippen LogP contribution is -2.22. The average molecular weight is 947 g/mol. The third-order valence-corrected chi connectivity index (χ3v) is 9.77. The average Bonchev–Trinajstić information content (AvgIpc) is 3.35. The van der Waals surface area contributed by atoms with Gasteiger partial charge < -0.3 is 61.9 Å². The first-order chi connectivity index (χ1) is 32.9. The number of hydrogen-bond acceptors (Lipinski definition) is 18. The molecule has 0 amide bonds. The monoisotopic (exact) mass is 946 g/mol. The van der Waals surface area contributed by atoms with Crippen molar-refractivity contribution in [3.05, 3.63) is 101 Å². The fourth-order valence-electron chi connectivity index (χ4n) is 6.16. The number of carbonyl (C=O) groups is 5. The molecule has 4 aromatic carbocycles. The van der Waals surface area contributed by atoms with Crippen molar-refractivity contribution < 1.29 is 85.9 Å². The molecule has 0 aliphatic heterocycles. The number of rotatable bonds is 29. The second-order valence-electron chi connectivity index (χ2n) is 14.6. The van der Waals surface area contributed by atoms with Crippen LogP contribution in [0.25, 0.3) is 6.08 Å². The van der Waals surface area contributed by atoms with Crippen LogP contribution in [-0.2, 0) is 62.7 Å². The van der Waals surface area contributed by atoms with Gasteiger partial charge in [0, 0.05) is 67.2 Å². The maximum absolute atomic E-state index is 12.0. The van der Waals surface area contributed by atoms with Gasteiger partial charge in [0.15, 0.2) is 11.5 Å². The number of hydrogen-bond donors (Lipinski definition) is 1. The van der Waals surface area contributed by atoms with Crippen molar-refractivity contribution in [3.63, 3.8) is 0 Å². The highest BCUT2D eigenvalue weighted by molar-refractivity contribution is 5.87. The van der Waals surface area contributed by atoms with Gasteiger partial charge in [-0.15, -0.1) is 0 Å². The van der Waals surface area contributed by atoms with E-state index in [0.29, 0.717) is 69.6 Å². The largest absolute Gasteiger partial charge is 0.493 e. The van der Waals surface area contributed by atoms with Crippen LogP contribution in [0.1, 0.15) is 67.7 Å². The van der Waals surface area contributed by atoms with Gasteiger partial charge in [0.05, 0.1) is 55.4 Å². The SMILES string of the molecule is COC(=O)/C=C/c1cc(OC(C)=O)c(OC)cc1COc1ccc(COc2ccc(COc3cccc(OC(CO)CCC(=O)OC)c3)c(OCCCC(=O)OC)c2)c(OCCCC(=O)OC)c1. The second kappa shape index (κ2) is 28.5. The van der Waals surface area contributed by atoms with Crippen molar-refractivity contribution >= 4 is 35.9 Å². The number of aliphatic hydroxyl groups is 1. The standard InChI is InChI=1S/C50H58O18/c1-33(52)67-46-24-34(16-20-49(55)60-5)37(25-45(46)57-2)32-66-40-18-15-36(44(28-40)63-23-9-13-48(54)59-4)31-65-39-17-14-35(43(27-39)62-22-8-12-47(53)58-3)30-64-38-10-7-11-41(26-38)68-42(29-51)19-21-50(56)61-6/h7,10-11,14-18,20,24-28,42,51H,8-9,12-13,19,21-23,29-32H2,1-6H3/b20-16+. The minimum absolute atomic E-state index is 0.00443. The van der Waals surface area contributed by atoms with Crippen LogP contribution in [0.2, 0.25) is 0 Å². The van der Waals surface area contributed by atoms with E-state index in [1.165, 1.54) is 54.6 Å². The maximum atomic E-state index is 12.0. The Kier molecular flexibility index (Phi) is 22.3. The van der Waals surface area contributed by atoms with Gasteiger partial charge in [-0.05, 0) is 79.4 Å². The normalized spacial score (nSPS) is 11.2. The van der Waals surface area contributed by atoms with Crippen LogP contribution in [0.5, 0.6) is 46.0 Å². The van der Waals surface area contributed by atoms with Crippen molar-refractivity contribution in [2.24, 2.45) is 0 Å². The van der Waals surface area contributed by atoms with E-state index in [1.807, 2.05) is 0 Å².